The van der Waals surface area contributed by atoms with Gasteiger partial charge in [-0.05, 0) is 43.7 Å². The molecule has 0 unspecified atom stereocenters. The van der Waals surface area contributed by atoms with Crippen molar-refractivity contribution in [3.8, 4) is 22.7 Å². The van der Waals surface area contributed by atoms with Crippen LogP contribution in [0, 0.1) is 17.6 Å². The minimum Gasteiger partial charge on any atom is -0.489 e. The minimum atomic E-state index is -0.662. The van der Waals surface area contributed by atoms with E-state index in [1.54, 1.807) is 18.6 Å². The maximum atomic E-state index is 13.5. The average molecular weight is 385 g/mol. The molecule has 1 saturated carbocycles. The van der Waals surface area contributed by atoms with Crippen LogP contribution in [-0.4, -0.2) is 32.4 Å². The Kier molecular flexibility index (Phi) is 5.29. The van der Waals surface area contributed by atoms with Crippen molar-refractivity contribution in [2.75, 3.05) is 6.61 Å². The number of nitrogens with zero attached hydrogens (tertiary/aromatic N) is 4. The number of benzene rings is 1. The van der Waals surface area contributed by atoms with Gasteiger partial charge in [-0.3, -0.25) is 0 Å². The fourth-order valence-electron chi connectivity index (χ4n) is 3.46. The quantitative estimate of drug-likeness (QED) is 0.727. The van der Waals surface area contributed by atoms with Gasteiger partial charge in [0.2, 0.25) is 0 Å². The summed E-state index contributed by atoms with van der Waals surface area (Å²) in [4.78, 5) is 8.36. The molecule has 28 heavy (non-hydrogen) atoms. The van der Waals surface area contributed by atoms with Gasteiger partial charge < -0.3 is 10.5 Å². The van der Waals surface area contributed by atoms with Gasteiger partial charge in [0, 0.05) is 23.9 Å². The monoisotopic (exact) mass is 385 g/mol. The molecule has 1 aliphatic rings. The second-order valence-electron chi connectivity index (χ2n) is 7.13. The second-order valence-corrected chi connectivity index (χ2v) is 7.13. The second kappa shape index (κ2) is 8.02. The van der Waals surface area contributed by atoms with E-state index in [9.17, 15) is 8.78 Å². The molecule has 1 aromatic carbocycles. The van der Waals surface area contributed by atoms with Crippen molar-refractivity contribution in [3.05, 3.63) is 54.8 Å². The van der Waals surface area contributed by atoms with Crippen molar-refractivity contribution in [2.45, 2.75) is 31.7 Å². The summed E-state index contributed by atoms with van der Waals surface area (Å²) in [7, 11) is 0. The van der Waals surface area contributed by atoms with E-state index < -0.39 is 11.6 Å². The van der Waals surface area contributed by atoms with E-state index in [0.717, 1.165) is 31.7 Å². The zero-order valence-electron chi connectivity index (χ0n) is 15.3. The summed E-state index contributed by atoms with van der Waals surface area (Å²) in [5, 5.41) is 4.20. The molecule has 2 aromatic heterocycles. The van der Waals surface area contributed by atoms with E-state index in [-0.39, 0.29) is 0 Å². The van der Waals surface area contributed by atoms with Crippen molar-refractivity contribution in [1.29, 1.82) is 0 Å². The summed E-state index contributed by atoms with van der Waals surface area (Å²) in [6, 6.07) is 3.55. The maximum absolute atomic E-state index is 13.5. The number of hydrogen-bond donors (Lipinski definition) is 1. The van der Waals surface area contributed by atoms with Crippen molar-refractivity contribution in [2.24, 2.45) is 11.7 Å². The number of hydrogen-bond acceptors (Lipinski definition) is 5. The van der Waals surface area contributed by atoms with Crippen molar-refractivity contribution < 1.29 is 13.5 Å². The molecule has 3 aromatic rings. The molecular formula is C20H21F2N5O. The fourth-order valence-corrected chi connectivity index (χ4v) is 3.46. The van der Waals surface area contributed by atoms with Crippen molar-refractivity contribution in [3.63, 3.8) is 0 Å². The Balaban J connectivity index is 1.53. The molecular weight excluding hydrogens is 364 g/mol. The van der Waals surface area contributed by atoms with Gasteiger partial charge in [0.1, 0.15) is 23.7 Å². The highest BCUT2D eigenvalue weighted by Gasteiger charge is 2.20. The molecule has 1 aliphatic carbocycles. The predicted octanol–water partition coefficient (Wildman–Crippen LogP) is 3.50. The number of halogens is 2. The van der Waals surface area contributed by atoms with Crippen LogP contribution in [0.3, 0.4) is 0 Å². The molecule has 2 N–H and O–H groups in total. The summed E-state index contributed by atoms with van der Waals surface area (Å²) < 4.78 is 34.4. The first-order valence-corrected chi connectivity index (χ1v) is 9.28. The molecule has 0 aliphatic heterocycles. The highest BCUT2D eigenvalue weighted by molar-refractivity contribution is 5.64. The highest BCUT2D eigenvalue weighted by atomic mass is 19.1. The Morgan fingerprint density at radius 3 is 2.57 bits per heavy atom. The maximum Gasteiger partial charge on any atom is 0.163 e. The van der Waals surface area contributed by atoms with Crippen molar-refractivity contribution in [1.82, 2.24) is 19.7 Å². The van der Waals surface area contributed by atoms with Crippen LogP contribution in [0.5, 0.6) is 5.75 Å². The SMILES string of the molecule is N[C@H]1CC[C@@H](COc2cncnc2-c2cnn(-c3cc(F)cc(F)c3)c2)CC1. The van der Waals surface area contributed by atoms with Crippen LogP contribution in [0.1, 0.15) is 25.7 Å². The zero-order valence-corrected chi connectivity index (χ0v) is 15.3. The Labute approximate surface area is 161 Å². The van der Waals surface area contributed by atoms with Gasteiger partial charge in [-0.2, -0.15) is 5.10 Å². The van der Waals surface area contributed by atoms with Gasteiger partial charge in [-0.25, -0.2) is 23.4 Å². The van der Waals surface area contributed by atoms with Gasteiger partial charge in [0.15, 0.2) is 5.75 Å². The summed E-state index contributed by atoms with van der Waals surface area (Å²) in [5.74, 6) is -0.302. The first-order valence-electron chi connectivity index (χ1n) is 9.28. The summed E-state index contributed by atoms with van der Waals surface area (Å²) >= 11 is 0. The molecule has 8 heteroatoms. The third-order valence-corrected chi connectivity index (χ3v) is 5.01. The Hall–Kier alpha value is -2.87. The summed E-state index contributed by atoms with van der Waals surface area (Å²) in [5.41, 5.74) is 7.51. The smallest absolute Gasteiger partial charge is 0.163 e. The topological polar surface area (TPSA) is 78.8 Å². The molecule has 1 fully saturated rings. The summed E-state index contributed by atoms with van der Waals surface area (Å²) in [6.45, 7) is 0.580. The molecule has 0 atom stereocenters. The van der Waals surface area contributed by atoms with E-state index in [0.29, 0.717) is 41.3 Å². The van der Waals surface area contributed by atoms with Crippen LogP contribution < -0.4 is 10.5 Å². The largest absolute Gasteiger partial charge is 0.489 e. The molecule has 2 heterocycles. The normalized spacial score (nSPS) is 19.5. The van der Waals surface area contributed by atoms with Gasteiger partial charge in [0.25, 0.3) is 0 Å². The lowest BCUT2D eigenvalue weighted by Gasteiger charge is -2.26. The highest BCUT2D eigenvalue weighted by Crippen LogP contribution is 2.29. The molecule has 0 amide bonds. The molecule has 0 bridgehead atoms. The van der Waals surface area contributed by atoms with Crippen LogP contribution in [-0.2, 0) is 0 Å². The van der Waals surface area contributed by atoms with Gasteiger partial charge >= 0.3 is 0 Å². The first-order chi connectivity index (χ1) is 13.6. The predicted molar refractivity (Wildman–Crippen MR) is 99.9 cm³/mol. The minimum absolute atomic E-state index is 0.291. The molecule has 0 spiro atoms. The Morgan fingerprint density at radius 1 is 1.07 bits per heavy atom. The summed E-state index contributed by atoms with van der Waals surface area (Å²) in [6.07, 6.45) is 10.4. The molecule has 146 valence electrons. The van der Waals surface area contributed by atoms with E-state index in [2.05, 4.69) is 15.1 Å². The average Bonchev–Trinajstić information content (AvgIpc) is 3.17. The number of ether oxygens (including phenoxy) is 1. The number of nitrogens with two attached hydrogens (primary N) is 1. The zero-order chi connectivity index (χ0) is 19.5. The Morgan fingerprint density at radius 2 is 1.82 bits per heavy atom. The van der Waals surface area contributed by atoms with Gasteiger partial charge in [0.05, 0.1) is 24.7 Å². The van der Waals surface area contributed by atoms with Crippen LogP contribution in [0.15, 0.2) is 43.1 Å². The van der Waals surface area contributed by atoms with Gasteiger partial charge in [-0.1, -0.05) is 0 Å². The lowest BCUT2D eigenvalue weighted by molar-refractivity contribution is 0.200. The Bertz CT molecular complexity index is 933. The lowest BCUT2D eigenvalue weighted by Crippen LogP contribution is -2.28. The molecule has 4 rings (SSSR count). The van der Waals surface area contributed by atoms with Crippen LogP contribution in [0.25, 0.3) is 16.9 Å². The van der Waals surface area contributed by atoms with E-state index in [1.807, 2.05) is 0 Å². The van der Waals surface area contributed by atoms with E-state index >= 15 is 0 Å². The lowest BCUT2D eigenvalue weighted by atomic mass is 9.87. The molecule has 0 saturated heterocycles. The van der Waals surface area contributed by atoms with E-state index in [4.69, 9.17) is 10.5 Å². The van der Waals surface area contributed by atoms with Crippen LogP contribution in [0.4, 0.5) is 8.78 Å². The van der Waals surface area contributed by atoms with Crippen molar-refractivity contribution >= 4 is 0 Å². The fraction of sp³-hybridized carbons (Fsp3) is 0.350. The standard InChI is InChI=1S/C20H21F2N5O/c21-15-5-16(22)7-18(6-15)27-10-14(8-26-27)20-19(9-24-12-25-20)28-11-13-1-3-17(23)4-2-13/h5-10,12-13,17H,1-4,11,23H2/t13-,17+. The first kappa shape index (κ1) is 18.5. The van der Waals surface area contributed by atoms with E-state index in [1.165, 1.54) is 23.1 Å². The van der Waals surface area contributed by atoms with Crippen LogP contribution >= 0.6 is 0 Å². The van der Waals surface area contributed by atoms with Crippen LogP contribution in [0.2, 0.25) is 0 Å². The molecule has 6 nitrogen and oxygen atoms in total. The third kappa shape index (κ3) is 4.17. The number of aromatic nitrogens is 4. The third-order valence-electron chi connectivity index (χ3n) is 5.01. The molecule has 0 radical (unpaired) electrons. The number of rotatable bonds is 5. The van der Waals surface area contributed by atoms with Gasteiger partial charge in [-0.15, -0.1) is 0 Å².